The first kappa shape index (κ1) is 15.2. The molecule has 0 unspecified atom stereocenters. The fourth-order valence-electron chi connectivity index (χ4n) is 1.67. The van der Waals surface area contributed by atoms with Crippen LogP contribution in [0.1, 0.15) is 6.92 Å². The van der Waals surface area contributed by atoms with Gasteiger partial charge in [0.05, 0.1) is 5.39 Å². The number of rotatable bonds is 3. The van der Waals surface area contributed by atoms with Gasteiger partial charge in [0.15, 0.2) is 0 Å². The Bertz CT molecular complexity index is 701. The molecule has 21 heavy (non-hydrogen) atoms. The van der Waals surface area contributed by atoms with E-state index in [0.29, 0.717) is 4.83 Å². The highest BCUT2D eigenvalue weighted by Crippen LogP contribution is 2.31. The summed E-state index contributed by atoms with van der Waals surface area (Å²) in [6.45, 7) is 0.978. The van der Waals surface area contributed by atoms with Crippen LogP contribution in [0.3, 0.4) is 0 Å². The van der Waals surface area contributed by atoms with E-state index in [-0.39, 0.29) is 16.1 Å². The zero-order chi connectivity index (χ0) is 15.8. The number of carbonyl (C=O) groups is 2. The summed E-state index contributed by atoms with van der Waals surface area (Å²) < 4.78 is 38.1. The van der Waals surface area contributed by atoms with E-state index in [9.17, 15) is 22.8 Å². The van der Waals surface area contributed by atoms with E-state index in [0.717, 1.165) is 24.6 Å². The number of aliphatic carboxylic acids is 1. The van der Waals surface area contributed by atoms with Crippen LogP contribution in [0.25, 0.3) is 10.2 Å². The lowest BCUT2D eigenvalue weighted by Gasteiger charge is -2.26. The highest BCUT2D eigenvalue weighted by molar-refractivity contribution is 7.16. The van der Waals surface area contributed by atoms with E-state index >= 15 is 0 Å². The Balaban J connectivity index is 2.62. The summed E-state index contributed by atoms with van der Waals surface area (Å²) in [7, 11) is 0. The SMILES string of the molecule is C[C@@H](C(=O)O)N(C(=O)C(F)(F)F)c1ncnc2sccc12. The number of alkyl halides is 3. The summed E-state index contributed by atoms with van der Waals surface area (Å²) >= 11 is 1.14. The molecule has 0 saturated heterocycles. The topological polar surface area (TPSA) is 83.4 Å². The Hall–Kier alpha value is -2.23. The maximum atomic E-state index is 12.7. The lowest BCUT2D eigenvalue weighted by atomic mass is 10.2. The molecule has 0 aromatic carbocycles. The molecule has 112 valence electrons. The quantitative estimate of drug-likeness (QED) is 0.936. The number of thiophene rings is 1. The van der Waals surface area contributed by atoms with E-state index in [2.05, 4.69) is 9.97 Å². The van der Waals surface area contributed by atoms with Crippen molar-refractivity contribution in [1.82, 2.24) is 9.97 Å². The summed E-state index contributed by atoms with van der Waals surface area (Å²) in [6, 6.07) is -0.294. The lowest BCUT2D eigenvalue weighted by molar-refractivity contribution is -0.171. The van der Waals surface area contributed by atoms with Gasteiger partial charge >= 0.3 is 18.1 Å². The molecule has 0 aliphatic heterocycles. The fourth-order valence-corrected chi connectivity index (χ4v) is 2.40. The summed E-state index contributed by atoms with van der Waals surface area (Å²) in [5.41, 5.74) is 0. The van der Waals surface area contributed by atoms with E-state index < -0.39 is 24.1 Å². The number of aromatic nitrogens is 2. The van der Waals surface area contributed by atoms with Crippen molar-refractivity contribution in [2.24, 2.45) is 0 Å². The highest BCUT2D eigenvalue weighted by atomic mass is 32.1. The van der Waals surface area contributed by atoms with Gasteiger partial charge in [-0.15, -0.1) is 11.3 Å². The van der Waals surface area contributed by atoms with E-state index in [1.807, 2.05) is 0 Å². The van der Waals surface area contributed by atoms with Gasteiger partial charge in [-0.2, -0.15) is 13.2 Å². The zero-order valence-electron chi connectivity index (χ0n) is 10.5. The minimum absolute atomic E-state index is 0.124. The third-order valence-corrected chi connectivity index (χ3v) is 3.50. The van der Waals surface area contributed by atoms with Crippen molar-refractivity contribution in [2.45, 2.75) is 19.1 Å². The van der Waals surface area contributed by atoms with Gasteiger partial charge in [-0.25, -0.2) is 14.8 Å². The number of carboxylic acids is 1. The summed E-state index contributed by atoms with van der Waals surface area (Å²) in [6.07, 6.45) is -4.23. The normalized spacial score (nSPS) is 13.1. The lowest BCUT2D eigenvalue weighted by Crippen LogP contribution is -2.49. The first-order valence-electron chi connectivity index (χ1n) is 5.55. The van der Waals surface area contributed by atoms with Crippen molar-refractivity contribution in [3.05, 3.63) is 17.8 Å². The first-order chi connectivity index (χ1) is 9.73. The van der Waals surface area contributed by atoms with Crippen LogP contribution in [0.2, 0.25) is 0 Å². The number of amides is 1. The number of nitrogens with zero attached hydrogens (tertiary/aromatic N) is 3. The molecule has 0 aliphatic carbocycles. The molecule has 2 aromatic heterocycles. The molecular weight excluding hydrogens is 311 g/mol. The second-order valence-electron chi connectivity index (χ2n) is 4.02. The molecular formula is C11H8F3N3O3S. The monoisotopic (exact) mass is 319 g/mol. The third-order valence-electron chi connectivity index (χ3n) is 2.67. The smallest absolute Gasteiger partial charge is 0.471 e. The minimum atomic E-state index is -5.21. The Morgan fingerprint density at radius 1 is 1.38 bits per heavy atom. The first-order valence-corrected chi connectivity index (χ1v) is 6.43. The van der Waals surface area contributed by atoms with Gasteiger partial charge in [0, 0.05) is 0 Å². The Morgan fingerprint density at radius 2 is 2.05 bits per heavy atom. The number of carboxylic acid groups (broad SMARTS) is 1. The maximum Gasteiger partial charge on any atom is 0.471 e. The number of anilines is 1. The third kappa shape index (κ3) is 2.79. The molecule has 0 fully saturated rings. The van der Waals surface area contributed by atoms with Crippen LogP contribution in [0, 0.1) is 0 Å². The van der Waals surface area contributed by atoms with Crippen molar-refractivity contribution in [2.75, 3.05) is 4.90 Å². The number of carbonyl (C=O) groups excluding carboxylic acids is 1. The molecule has 1 N–H and O–H groups in total. The second-order valence-corrected chi connectivity index (χ2v) is 4.92. The molecule has 0 bridgehead atoms. The average molecular weight is 319 g/mol. The van der Waals surface area contributed by atoms with Gasteiger partial charge in [0.1, 0.15) is 23.0 Å². The van der Waals surface area contributed by atoms with Crippen molar-refractivity contribution in [1.29, 1.82) is 0 Å². The van der Waals surface area contributed by atoms with Crippen LogP contribution < -0.4 is 4.90 Å². The van der Waals surface area contributed by atoms with Gasteiger partial charge in [0.2, 0.25) is 0 Å². The minimum Gasteiger partial charge on any atom is -0.480 e. The zero-order valence-corrected chi connectivity index (χ0v) is 11.3. The van der Waals surface area contributed by atoms with E-state index in [4.69, 9.17) is 5.11 Å². The van der Waals surface area contributed by atoms with Gasteiger partial charge < -0.3 is 5.11 Å². The standard InChI is InChI=1S/C11H8F3N3O3S/c1-5(9(18)19)17(10(20)11(12,13)14)7-6-2-3-21-8(6)16-4-15-7/h2-5H,1H3,(H,18,19)/t5-/m0/s1. The average Bonchev–Trinajstić information content (AvgIpc) is 2.86. The molecule has 2 heterocycles. The number of halogens is 3. The maximum absolute atomic E-state index is 12.7. The van der Waals surface area contributed by atoms with Crippen molar-refractivity contribution < 1.29 is 27.9 Å². The highest BCUT2D eigenvalue weighted by Gasteiger charge is 2.46. The number of fused-ring (bicyclic) bond motifs is 1. The molecule has 0 radical (unpaired) electrons. The molecule has 2 rings (SSSR count). The van der Waals surface area contributed by atoms with E-state index in [1.165, 1.54) is 6.07 Å². The predicted molar refractivity (Wildman–Crippen MR) is 68.1 cm³/mol. The Kier molecular flexibility index (Phi) is 3.81. The molecule has 6 nitrogen and oxygen atoms in total. The van der Waals surface area contributed by atoms with Gasteiger partial charge in [0.25, 0.3) is 0 Å². The van der Waals surface area contributed by atoms with Crippen LogP contribution >= 0.6 is 11.3 Å². The van der Waals surface area contributed by atoms with Crippen molar-refractivity contribution >= 4 is 39.2 Å². The molecule has 0 saturated carbocycles. The van der Waals surface area contributed by atoms with Gasteiger partial charge in [-0.3, -0.25) is 9.69 Å². The largest absolute Gasteiger partial charge is 0.480 e. The predicted octanol–water partition coefficient (Wildman–Crippen LogP) is 2.06. The summed E-state index contributed by atoms with van der Waals surface area (Å²) in [4.78, 5) is 30.6. The molecule has 2 aromatic rings. The fraction of sp³-hybridized carbons (Fsp3) is 0.273. The van der Waals surface area contributed by atoms with Crippen molar-refractivity contribution in [3.8, 4) is 0 Å². The molecule has 1 amide bonds. The number of hydrogen-bond donors (Lipinski definition) is 1. The van der Waals surface area contributed by atoms with Gasteiger partial charge in [-0.1, -0.05) is 0 Å². The van der Waals surface area contributed by atoms with Crippen LogP contribution in [-0.4, -0.2) is 39.2 Å². The van der Waals surface area contributed by atoms with Gasteiger partial charge in [-0.05, 0) is 18.4 Å². The van der Waals surface area contributed by atoms with Crippen LogP contribution in [-0.2, 0) is 9.59 Å². The van der Waals surface area contributed by atoms with Crippen LogP contribution in [0.15, 0.2) is 17.8 Å². The van der Waals surface area contributed by atoms with E-state index in [1.54, 1.807) is 5.38 Å². The van der Waals surface area contributed by atoms with Crippen LogP contribution in [0.4, 0.5) is 19.0 Å². The van der Waals surface area contributed by atoms with Crippen LogP contribution in [0.5, 0.6) is 0 Å². The molecule has 1 atom stereocenters. The number of hydrogen-bond acceptors (Lipinski definition) is 5. The Labute approximate surface area is 119 Å². The molecule has 10 heteroatoms. The summed E-state index contributed by atoms with van der Waals surface area (Å²) in [5, 5.41) is 10.7. The summed E-state index contributed by atoms with van der Waals surface area (Å²) in [5.74, 6) is -4.24. The second kappa shape index (κ2) is 5.28. The molecule has 0 aliphatic rings. The Morgan fingerprint density at radius 3 is 2.62 bits per heavy atom. The molecule has 0 spiro atoms. The van der Waals surface area contributed by atoms with Crippen molar-refractivity contribution in [3.63, 3.8) is 0 Å².